The molecule has 114 valence electrons. The van der Waals surface area contributed by atoms with Gasteiger partial charge in [-0.2, -0.15) is 0 Å². The molecule has 2 nitrogen and oxygen atoms in total. The smallest absolute Gasteiger partial charge is 0.330 e. The van der Waals surface area contributed by atoms with Crippen LogP contribution in [0.2, 0.25) is 0 Å². The van der Waals surface area contributed by atoms with Gasteiger partial charge in [0.2, 0.25) is 0 Å². The number of allylic oxidation sites excluding steroid dienone is 5. The van der Waals surface area contributed by atoms with Gasteiger partial charge in [0.05, 0.1) is 6.61 Å². The first-order chi connectivity index (χ1) is 9.81. The molecule has 0 aromatic heterocycles. The number of carbonyl (C=O) groups is 1. The fraction of sp³-hybridized carbons (Fsp3) is 0.611. The molecule has 2 heteroatoms. The summed E-state index contributed by atoms with van der Waals surface area (Å²) in [4.78, 5) is 11.0. The van der Waals surface area contributed by atoms with Crippen molar-refractivity contribution in [2.45, 2.75) is 65.2 Å². The molecule has 0 spiro atoms. The van der Waals surface area contributed by atoms with Crippen molar-refractivity contribution in [3.8, 4) is 0 Å². The van der Waals surface area contributed by atoms with E-state index in [9.17, 15) is 4.79 Å². The van der Waals surface area contributed by atoms with E-state index in [2.05, 4.69) is 13.0 Å². The molecule has 0 radical (unpaired) electrons. The van der Waals surface area contributed by atoms with E-state index in [0.717, 1.165) is 6.42 Å². The number of hydrogen-bond acceptors (Lipinski definition) is 2. The van der Waals surface area contributed by atoms with Crippen LogP contribution in [0.4, 0.5) is 0 Å². The number of carbonyl (C=O) groups excluding carboxylic acids is 1. The summed E-state index contributed by atoms with van der Waals surface area (Å²) in [6, 6.07) is 0. The highest BCUT2D eigenvalue weighted by atomic mass is 16.5. The molecule has 0 saturated heterocycles. The fourth-order valence-electron chi connectivity index (χ4n) is 1.85. The predicted octanol–water partition coefficient (Wildman–Crippen LogP) is 5.36. The molecular formula is C18H30O2. The Kier molecular flexibility index (Phi) is 14.7. The molecule has 0 unspecified atom stereocenters. The first kappa shape index (κ1) is 18.7. The van der Waals surface area contributed by atoms with E-state index in [1.54, 1.807) is 13.0 Å². The third kappa shape index (κ3) is 14.7. The summed E-state index contributed by atoms with van der Waals surface area (Å²) < 4.78 is 4.77. The van der Waals surface area contributed by atoms with E-state index in [-0.39, 0.29) is 5.97 Å². The summed E-state index contributed by atoms with van der Waals surface area (Å²) in [6.07, 6.45) is 21.7. The van der Waals surface area contributed by atoms with E-state index in [1.807, 2.05) is 18.2 Å². The van der Waals surface area contributed by atoms with Crippen LogP contribution >= 0.6 is 0 Å². The molecule has 0 rings (SSSR count). The molecule has 0 aromatic carbocycles. The van der Waals surface area contributed by atoms with Crippen LogP contribution in [0.15, 0.2) is 36.5 Å². The minimum Gasteiger partial charge on any atom is -0.463 e. The van der Waals surface area contributed by atoms with Crippen molar-refractivity contribution in [3.63, 3.8) is 0 Å². The number of unbranched alkanes of at least 4 members (excludes halogenated alkanes) is 7. The molecule has 20 heavy (non-hydrogen) atoms. The second-order valence-corrected chi connectivity index (χ2v) is 4.83. The first-order valence-corrected chi connectivity index (χ1v) is 7.97. The lowest BCUT2D eigenvalue weighted by atomic mass is 10.1. The monoisotopic (exact) mass is 278 g/mol. The van der Waals surface area contributed by atoms with Crippen molar-refractivity contribution in [3.05, 3.63) is 36.5 Å². The second-order valence-electron chi connectivity index (χ2n) is 4.83. The minimum absolute atomic E-state index is 0.288. The minimum atomic E-state index is -0.288. The van der Waals surface area contributed by atoms with Crippen molar-refractivity contribution in [1.82, 2.24) is 0 Å². The number of esters is 1. The van der Waals surface area contributed by atoms with Crippen LogP contribution in [0.25, 0.3) is 0 Å². The van der Waals surface area contributed by atoms with E-state index in [4.69, 9.17) is 4.74 Å². The highest BCUT2D eigenvalue weighted by Crippen LogP contribution is 2.08. The third-order valence-corrected chi connectivity index (χ3v) is 2.96. The van der Waals surface area contributed by atoms with Gasteiger partial charge in [0.15, 0.2) is 0 Å². The zero-order valence-corrected chi connectivity index (χ0v) is 13.1. The van der Waals surface area contributed by atoms with Crippen molar-refractivity contribution in [1.29, 1.82) is 0 Å². The Morgan fingerprint density at radius 3 is 2.20 bits per heavy atom. The van der Waals surface area contributed by atoms with Crippen LogP contribution in [-0.2, 0) is 9.53 Å². The Morgan fingerprint density at radius 1 is 0.850 bits per heavy atom. The van der Waals surface area contributed by atoms with Crippen LogP contribution in [0.5, 0.6) is 0 Å². The molecule has 0 aromatic rings. The van der Waals surface area contributed by atoms with E-state index < -0.39 is 0 Å². The zero-order chi connectivity index (χ0) is 14.9. The number of rotatable bonds is 12. The Hall–Kier alpha value is -1.31. The fourth-order valence-corrected chi connectivity index (χ4v) is 1.85. The van der Waals surface area contributed by atoms with Gasteiger partial charge in [0, 0.05) is 6.08 Å². The van der Waals surface area contributed by atoms with Gasteiger partial charge >= 0.3 is 5.97 Å². The SMILES string of the molecule is CCCCCCCCCC=CC=CC=CC(=O)OCC. The number of hydrogen-bond donors (Lipinski definition) is 0. The lowest BCUT2D eigenvalue weighted by Gasteiger charge is -1.98. The van der Waals surface area contributed by atoms with Crippen LogP contribution in [0.1, 0.15) is 65.2 Å². The molecule has 0 N–H and O–H groups in total. The van der Waals surface area contributed by atoms with E-state index in [1.165, 1.54) is 51.0 Å². The summed E-state index contributed by atoms with van der Waals surface area (Å²) in [5.74, 6) is -0.288. The van der Waals surface area contributed by atoms with Gasteiger partial charge in [-0.3, -0.25) is 0 Å². The van der Waals surface area contributed by atoms with Crippen LogP contribution in [0, 0.1) is 0 Å². The van der Waals surface area contributed by atoms with Gasteiger partial charge < -0.3 is 4.74 Å². The summed E-state index contributed by atoms with van der Waals surface area (Å²) in [5.41, 5.74) is 0. The maximum Gasteiger partial charge on any atom is 0.330 e. The lowest BCUT2D eigenvalue weighted by Crippen LogP contribution is -1.98. The zero-order valence-electron chi connectivity index (χ0n) is 13.1. The van der Waals surface area contributed by atoms with E-state index >= 15 is 0 Å². The summed E-state index contributed by atoms with van der Waals surface area (Å²) >= 11 is 0. The van der Waals surface area contributed by atoms with Gasteiger partial charge in [-0.1, -0.05) is 75.8 Å². The quantitative estimate of drug-likeness (QED) is 0.208. The van der Waals surface area contributed by atoms with Crippen LogP contribution in [-0.4, -0.2) is 12.6 Å². The van der Waals surface area contributed by atoms with Gasteiger partial charge in [-0.05, 0) is 19.8 Å². The Balaban J connectivity index is 3.41. The summed E-state index contributed by atoms with van der Waals surface area (Å²) in [5, 5.41) is 0. The van der Waals surface area contributed by atoms with E-state index in [0.29, 0.717) is 6.61 Å². The maximum absolute atomic E-state index is 11.0. The predicted molar refractivity (Wildman–Crippen MR) is 86.7 cm³/mol. The van der Waals surface area contributed by atoms with Crippen molar-refractivity contribution < 1.29 is 9.53 Å². The molecule has 0 atom stereocenters. The molecular weight excluding hydrogens is 248 g/mol. The Bertz CT molecular complexity index is 301. The highest BCUT2D eigenvalue weighted by Gasteiger charge is 1.90. The summed E-state index contributed by atoms with van der Waals surface area (Å²) in [7, 11) is 0. The third-order valence-electron chi connectivity index (χ3n) is 2.96. The normalized spacial score (nSPS) is 11.9. The second kappa shape index (κ2) is 15.7. The van der Waals surface area contributed by atoms with Gasteiger partial charge in [-0.15, -0.1) is 0 Å². The van der Waals surface area contributed by atoms with Crippen molar-refractivity contribution >= 4 is 5.97 Å². The first-order valence-electron chi connectivity index (χ1n) is 7.97. The lowest BCUT2D eigenvalue weighted by molar-refractivity contribution is -0.137. The molecule has 0 bridgehead atoms. The Labute approximate surface area is 124 Å². The summed E-state index contributed by atoms with van der Waals surface area (Å²) in [6.45, 7) is 4.47. The Morgan fingerprint density at radius 2 is 1.50 bits per heavy atom. The highest BCUT2D eigenvalue weighted by molar-refractivity contribution is 5.82. The average Bonchev–Trinajstić information content (AvgIpc) is 2.44. The molecule has 0 heterocycles. The topological polar surface area (TPSA) is 26.3 Å². The maximum atomic E-state index is 11.0. The van der Waals surface area contributed by atoms with Crippen molar-refractivity contribution in [2.75, 3.05) is 6.61 Å². The van der Waals surface area contributed by atoms with Crippen LogP contribution in [0.3, 0.4) is 0 Å². The largest absolute Gasteiger partial charge is 0.463 e. The molecule has 0 amide bonds. The molecule has 0 aliphatic heterocycles. The molecule has 0 saturated carbocycles. The van der Waals surface area contributed by atoms with Crippen molar-refractivity contribution in [2.24, 2.45) is 0 Å². The number of ether oxygens (including phenoxy) is 1. The van der Waals surface area contributed by atoms with Gasteiger partial charge in [-0.25, -0.2) is 4.79 Å². The van der Waals surface area contributed by atoms with Gasteiger partial charge in [0.25, 0.3) is 0 Å². The molecule has 0 aliphatic rings. The molecule has 0 fully saturated rings. The van der Waals surface area contributed by atoms with Crippen LogP contribution < -0.4 is 0 Å². The standard InChI is InChI=1S/C18H30O2/c1-3-5-6-7-8-9-10-11-12-13-14-15-16-17-18(19)20-4-2/h12-17H,3-11H2,1-2H3. The molecule has 0 aliphatic carbocycles. The average molecular weight is 278 g/mol. The van der Waals surface area contributed by atoms with Gasteiger partial charge in [0.1, 0.15) is 0 Å².